The summed E-state index contributed by atoms with van der Waals surface area (Å²) in [6, 6.07) is 6.96. The average Bonchev–Trinajstić information content (AvgIpc) is 2.65. The molecule has 1 aromatic carbocycles. The van der Waals surface area contributed by atoms with Crippen LogP contribution >= 0.6 is 0 Å². The number of tetrazole rings is 1. The lowest BCUT2D eigenvalue weighted by Gasteiger charge is -2.04. The fraction of sp³-hybridized carbons (Fsp3) is 0.200. The van der Waals surface area contributed by atoms with Gasteiger partial charge < -0.3 is 9.90 Å². The highest BCUT2D eigenvalue weighted by Gasteiger charge is 2.02. The first-order chi connectivity index (χ1) is 7.66. The van der Waals surface area contributed by atoms with Gasteiger partial charge >= 0.3 is 0 Å². The van der Waals surface area contributed by atoms with Gasteiger partial charge in [-0.2, -0.15) is 4.68 Å². The van der Waals surface area contributed by atoms with Crippen LogP contribution in [-0.2, 0) is 11.2 Å². The van der Waals surface area contributed by atoms with Gasteiger partial charge in [0.1, 0.15) is 0 Å². The summed E-state index contributed by atoms with van der Waals surface area (Å²) >= 11 is 0. The van der Waals surface area contributed by atoms with E-state index in [0.29, 0.717) is 11.4 Å². The van der Waals surface area contributed by atoms with E-state index in [2.05, 4.69) is 15.5 Å². The number of aliphatic carboxylic acids is 1. The molecule has 0 amide bonds. The predicted octanol–water partition coefficient (Wildman–Crippen LogP) is -0.737. The summed E-state index contributed by atoms with van der Waals surface area (Å²) in [6.07, 6.45) is -0.0884. The summed E-state index contributed by atoms with van der Waals surface area (Å²) in [6.45, 7) is 1.79. The Bertz CT molecular complexity index is 504. The van der Waals surface area contributed by atoms with E-state index < -0.39 is 5.97 Å². The number of hydrogen-bond donors (Lipinski definition) is 0. The molecule has 0 fully saturated rings. The molecule has 0 unspecified atom stereocenters. The Kier molecular flexibility index (Phi) is 2.63. The van der Waals surface area contributed by atoms with Gasteiger partial charge in [0, 0.05) is 12.4 Å². The van der Waals surface area contributed by atoms with Crippen LogP contribution in [0.1, 0.15) is 11.4 Å². The van der Waals surface area contributed by atoms with Crippen molar-refractivity contribution in [3.63, 3.8) is 0 Å². The van der Waals surface area contributed by atoms with Crippen LogP contribution in [-0.4, -0.2) is 26.2 Å². The first-order valence-corrected chi connectivity index (χ1v) is 4.71. The van der Waals surface area contributed by atoms with Crippen LogP contribution in [0.15, 0.2) is 24.3 Å². The van der Waals surface area contributed by atoms with E-state index in [0.717, 1.165) is 5.69 Å². The van der Waals surface area contributed by atoms with Crippen molar-refractivity contribution >= 4 is 5.97 Å². The van der Waals surface area contributed by atoms with Gasteiger partial charge in [-0.05, 0) is 35.0 Å². The number of aromatic nitrogens is 4. The Morgan fingerprint density at radius 3 is 2.56 bits per heavy atom. The van der Waals surface area contributed by atoms with Crippen LogP contribution in [0.3, 0.4) is 0 Å². The molecule has 2 aromatic rings. The molecule has 82 valence electrons. The first kappa shape index (κ1) is 10.3. The minimum absolute atomic E-state index is 0.0884. The standard InChI is InChI=1S/C10H10N4O2/c1-7-11-12-13-14(7)9-4-2-8(3-5-9)6-10(15)16/h2-5H,6H2,1H3,(H,15,16)/p-1. The zero-order valence-corrected chi connectivity index (χ0v) is 8.62. The fourth-order valence-corrected chi connectivity index (χ4v) is 1.39. The lowest BCUT2D eigenvalue weighted by atomic mass is 10.1. The maximum Gasteiger partial charge on any atom is 0.153 e. The molecule has 0 saturated carbocycles. The smallest absolute Gasteiger partial charge is 0.153 e. The van der Waals surface area contributed by atoms with Crippen molar-refractivity contribution in [1.29, 1.82) is 0 Å². The number of carboxylic acid groups (broad SMARTS) is 1. The number of carbonyl (C=O) groups is 1. The van der Waals surface area contributed by atoms with E-state index in [-0.39, 0.29) is 6.42 Å². The van der Waals surface area contributed by atoms with Crippen LogP contribution in [0.25, 0.3) is 5.69 Å². The zero-order valence-electron chi connectivity index (χ0n) is 8.62. The van der Waals surface area contributed by atoms with Gasteiger partial charge in [0.15, 0.2) is 5.82 Å². The summed E-state index contributed by atoms with van der Waals surface area (Å²) in [5.41, 5.74) is 1.49. The predicted molar refractivity (Wildman–Crippen MR) is 52.6 cm³/mol. The summed E-state index contributed by atoms with van der Waals surface area (Å²) in [5, 5.41) is 21.5. The largest absolute Gasteiger partial charge is 0.550 e. The molecule has 2 rings (SSSR count). The highest BCUT2D eigenvalue weighted by atomic mass is 16.4. The first-order valence-electron chi connectivity index (χ1n) is 4.71. The quantitative estimate of drug-likeness (QED) is 0.676. The molecule has 0 aliphatic carbocycles. The molecule has 0 aliphatic heterocycles. The molecule has 1 heterocycles. The van der Waals surface area contributed by atoms with Crippen LogP contribution in [0.2, 0.25) is 0 Å². The fourth-order valence-electron chi connectivity index (χ4n) is 1.39. The SMILES string of the molecule is Cc1nnnn1-c1ccc(CC(=O)[O-])cc1. The number of benzene rings is 1. The van der Waals surface area contributed by atoms with Crippen molar-refractivity contribution in [2.45, 2.75) is 13.3 Å². The monoisotopic (exact) mass is 217 g/mol. The maximum absolute atomic E-state index is 10.4. The minimum Gasteiger partial charge on any atom is -0.550 e. The highest BCUT2D eigenvalue weighted by molar-refractivity contribution is 5.68. The van der Waals surface area contributed by atoms with Crippen LogP contribution in [0.4, 0.5) is 0 Å². The Balaban J connectivity index is 2.26. The molecule has 0 N–H and O–H groups in total. The molecule has 0 atom stereocenters. The highest BCUT2D eigenvalue weighted by Crippen LogP contribution is 2.09. The van der Waals surface area contributed by atoms with Gasteiger partial charge in [-0.15, -0.1) is 5.10 Å². The summed E-state index contributed by atoms with van der Waals surface area (Å²) < 4.78 is 1.57. The van der Waals surface area contributed by atoms with Gasteiger partial charge in [-0.3, -0.25) is 0 Å². The number of rotatable bonds is 3. The lowest BCUT2D eigenvalue weighted by molar-refractivity contribution is -0.304. The Morgan fingerprint density at radius 2 is 2.06 bits per heavy atom. The van der Waals surface area contributed by atoms with E-state index in [1.54, 1.807) is 35.9 Å². The van der Waals surface area contributed by atoms with Crippen LogP contribution < -0.4 is 5.11 Å². The Labute approximate surface area is 91.5 Å². The number of carboxylic acids is 1. The molecular weight excluding hydrogens is 208 g/mol. The third kappa shape index (κ3) is 2.05. The number of aryl methyl sites for hydroxylation is 1. The molecule has 0 spiro atoms. The topological polar surface area (TPSA) is 83.7 Å². The Hall–Kier alpha value is -2.24. The number of hydrogen-bond acceptors (Lipinski definition) is 5. The summed E-state index contributed by atoms with van der Waals surface area (Å²) in [7, 11) is 0. The van der Waals surface area contributed by atoms with Crippen LogP contribution in [0.5, 0.6) is 0 Å². The molecule has 1 aromatic heterocycles. The van der Waals surface area contributed by atoms with Crippen molar-refractivity contribution in [2.24, 2.45) is 0 Å². The van der Waals surface area contributed by atoms with Gasteiger partial charge in [0.2, 0.25) is 0 Å². The molecule has 0 radical (unpaired) electrons. The second kappa shape index (κ2) is 4.09. The molecule has 6 heteroatoms. The molecule has 0 saturated heterocycles. The van der Waals surface area contributed by atoms with Gasteiger partial charge in [0.25, 0.3) is 0 Å². The van der Waals surface area contributed by atoms with E-state index in [1.807, 2.05) is 0 Å². The van der Waals surface area contributed by atoms with Gasteiger partial charge in [-0.1, -0.05) is 12.1 Å². The summed E-state index contributed by atoms with van der Waals surface area (Å²) in [5.74, 6) is -0.418. The van der Waals surface area contributed by atoms with E-state index >= 15 is 0 Å². The van der Waals surface area contributed by atoms with Gasteiger partial charge in [-0.25, -0.2) is 0 Å². The van der Waals surface area contributed by atoms with Crippen molar-refractivity contribution in [3.05, 3.63) is 35.7 Å². The maximum atomic E-state index is 10.4. The van der Waals surface area contributed by atoms with Crippen molar-refractivity contribution < 1.29 is 9.90 Å². The van der Waals surface area contributed by atoms with Gasteiger partial charge in [0.05, 0.1) is 5.69 Å². The van der Waals surface area contributed by atoms with E-state index in [9.17, 15) is 9.90 Å². The molecule has 0 bridgehead atoms. The van der Waals surface area contributed by atoms with Crippen molar-refractivity contribution in [3.8, 4) is 5.69 Å². The average molecular weight is 217 g/mol. The number of carbonyl (C=O) groups excluding carboxylic acids is 1. The van der Waals surface area contributed by atoms with Crippen molar-refractivity contribution in [2.75, 3.05) is 0 Å². The third-order valence-electron chi connectivity index (χ3n) is 2.15. The van der Waals surface area contributed by atoms with E-state index in [1.165, 1.54) is 0 Å². The normalized spacial score (nSPS) is 10.3. The Morgan fingerprint density at radius 1 is 1.38 bits per heavy atom. The molecular formula is C10H9N4O2-. The molecule has 16 heavy (non-hydrogen) atoms. The minimum atomic E-state index is -1.09. The van der Waals surface area contributed by atoms with Crippen LogP contribution in [0, 0.1) is 6.92 Å². The number of nitrogens with zero attached hydrogens (tertiary/aromatic N) is 4. The lowest BCUT2D eigenvalue weighted by Crippen LogP contribution is -2.24. The second-order valence-corrected chi connectivity index (χ2v) is 3.35. The zero-order chi connectivity index (χ0) is 11.5. The second-order valence-electron chi connectivity index (χ2n) is 3.35. The van der Waals surface area contributed by atoms with E-state index in [4.69, 9.17) is 0 Å². The summed E-state index contributed by atoms with van der Waals surface area (Å²) in [4.78, 5) is 10.4. The molecule has 6 nitrogen and oxygen atoms in total. The van der Waals surface area contributed by atoms with Crippen molar-refractivity contribution in [1.82, 2.24) is 20.2 Å². The third-order valence-corrected chi connectivity index (χ3v) is 2.15. The molecule has 0 aliphatic rings.